The molecule has 0 radical (unpaired) electrons. The van der Waals surface area contributed by atoms with Gasteiger partial charge in [-0.2, -0.15) is 5.10 Å². The number of amides is 2. The third-order valence-corrected chi connectivity index (χ3v) is 4.34. The van der Waals surface area contributed by atoms with Gasteiger partial charge < -0.3 is 15.1 Å². The Morgan fingerprint density at radius 3 is 2.62 bits per heavy atom. The van der Waals surface area contributed by atoms with E-state index in [4.69, 9.17) is 4.42 Å². The van der Waals surface area contributed by atoms with Crippen LogP contribution in [0.1, 0.15) is 47.1 Å². The third-order valence-electron chi connectivity index (χ3n) is 4.34. The molecule has 2 amide bonds. The molecule has 0 aliphatic heterocycles. The number of anilines is 1. The Morgan fingerprint density at radius 2 is 1.97 bits per heavy atom. The second kappa shape index (κ2) is 9.05. The number of carbonyl (C=O) groups is 2. The highest BCUT2D eigenvalue weighted by atomic mass is 16.3. The van der Waals surface area contributed by atoms with E-state index in [0.717, 1.165) is 5.56 Å². The van der Waals surface area contributed by atoms with E-state index in [1.54, 1.807) is 31.5 Å². The van der Waals surface area contributed by atoms with Crippen LogP contribution >= 0.6 is 0 Å². The minimum Gasteiger partial charge on any atom is -0.467 e. The highest BCUT2D eigenvalue weighted by Gasteiger charge is 2.17. The fourth-order valence-electron chi connectivity index (χ4n) is 2.75. The second-order valence-electron chi connectivity index (χ2n) is 6.97. The zero-order chi connectivity index (χ0) is 20.8. The Bertz CT molecular complexity index is 999. The van der Waals surface area contributed by atoms with Gasteiger partial charge in [-0.05, 0) is 35.3 Å². The summed E-state index contributed by atoms with van der Waals surface area (Å²) in [5.41, 5.74) is 2.65. The van der Waals surface area contributed by atoms with Crippen molar-refractivity contribution in [2.75, 3.05) is 5.32 Å². The van der Waals surface area contributed by atoms with E-state index in [1.165, 1.54) is 22.6 Å². The molecule has 2 aromatic heterocycles. The molecule has 7 nitrogen and oxygen atoms in total. The van der Waals surface area contributed by atoms with Crippen LogP contribution in [0.4, 0.5) is 5.69 Å². The number of nitrogens with one attached hydrogen (secondary N) is 2. The van der Waals surface area contributed by atoms with Crippen LogP contribution in [0.5, 0.6) is 0 Å². The number of rotatable bonds is 7. The molecule has 2 N–H and O–H groups in total. The molecule has 0 saturated carbocycles. The van der Waals surface area contributed by atoms with Crippen LogP contribution in [-0.2, 0) is 18.4 Å². The van der Waals surface area contributed by atoms with Crippen molar-refractivity contribution in [2.24, 2.45) is 7.05 Å². The average molecular weight is 392 g/mol. The number of aromatic nitrogens is 2. The maximum absolute atomic E-state index is 12.4. The quantitative estimate of drug-likeness (QED) is 0.600. The lowest BCUT2D eigenvalue weighted by atomic mass is 10.0. The van der Waals surface area contributed by atoms with Crippen LogP contribution in [0.3, 0.4) is 0 Å². The highest BCUT2D eigenvalue weighted by Crippen LogP contribution is 2.16. The molecule has 0 aliphatic rings. The lowest BCUT2D eigenvalue weighted by Gasteiger charge is -2.05. The van der Waals surface area contributed by atoms with Gasteiger partial charge in [0.05, 0.1) is 18.5 Å². The van der Waals surface area contributed by atoms with E-state index in [-0.39, 0.29) is 18.1 Å². The summed E-state index contributed by atoms with van der Waals surface area (Å²) in [6, 6.07) is 11.5. The normalized spacial score (nSPS) is 11.2. The van der Waals surface area contributed by atoms with Crippen LogP contribution in [0.15, 0.2) is 59.4 Å². The molecule has 0 fully saturated rings. The predicted octanol–water partition coefficient (Wildman–Crippen LogP) is 3.72. The molecule has 1 aromatic carbocycles. The summed E-state index contributed by atoms with van der Waals surface area (Å²) in [5.74, 6) is 0.349. The Hall–Kier alpha value is -3.61. The van der Waals surface area contributed by atoms with Crippen molar-refractivity contribution in [1.29, 1.82) is 0 Å². The molecule has 29 heavy (non-hydrogen) atoms. The first kappa shape index (κ1) is 20.1. The first-order valence-corrected chi connectivity index (χ1v) is 9.35. The van der Waals surface area contributed by atoms with Crippen LogP contribution in [-0.4, -0.2) is 21.6 Å². The van der Waals surface area contributed by atoms with E-state index in [1.807, 2.05) is 24.3 Å². The molecule has 0 spiro atoms. The second-order valence-corrected chi connectivity index (χ2v) is 6.97. The minimum absolute atomic E-state index is 0.141. The molecule has 0 saturated heterocycles. The molecule has 0 aliphatic carbocycles. The van der Waals surface area contributed by atoms with Gasteiger partial charge >= 0.3 is 0 Å². The summed E-state index contributed by atoms with van der Waals surface area (Å²) in [4.78, 5) is 24.7. The lowest BCUT2D eigenvalue weighted by molar-refractivity contribution is -0.111. The summed E-state index contributed by atoms with van der Waals surface area (Å²) in [7, 11) is 1.69. The minimum atomic E-state index is -0.398. The standard InChI is InChI=1S/C22H24N4O3/c1-15(2)17-9-6-16(7-10-17)8-11-20(27)24-19-14-26(3)25-21(19)22(28)23-13-18-5-4-12-29-18/h4-12,14-15H,13H2,1-3H3,(H,23,28)(H,24,27)/b11-8+. The maximum atomic E-state index is 12.4. The van der Waals surface area contributed by atoms with Gasteiger partial charge in [0, 0.05) is 19.3 Å². The number of benzene rings is 1. The molecule has 0 unspecified atom stereocenters. The Kier molecular flexibility index (Phi) is 6.29. The average Bonchev–Trinajstić information content (AvgIpc) is 3.34. The predicted molar refractivity (Wildman–Crippen MR) is 111 cm³/mol. The lowest BCUT2D eigenvalue weighted by Crippen LogP contribution is -2.24. The Balaban J connectivity index is 1.63. The molecule has 3 rings (SSSR count). The summed E-state index contributed by atoms with van der Waals surface area (Å²) in [6.45, 7) is 4.51. The van der Waals surface area contributed by atoms with Gasteiger partial charge in [-0.15, -0.1) is 0 Å². The van der Waals surface area contributed by atoms with Crippen molar-refractivity contribution >= 4 is 23.6 Å². The van der Waals surface area contributed by atoms with Gasteiger partial charge in [0.15, 0.2) is 5.69 Å². The molecular weight excluding hydrogens is 368 g/mol. The van der Waals surface area contributed by atoms with E-state index < -0.39 is 5.91 Å². The number of nitrogens with zero attached hydrogens (tertiary/aromatic N) is 2. The summed E-state index contributed by atoms with van der Waals surface area (Å²) >= 11 is 0. The number of furan rings is 1. The molecule has 150 valence electrons. The smallest absolute Gasteiger partial charge is 0.274 e. The van der Waals surface area contributed by atoms with Crippen LogP contribution in [0.2, 0.25) is 0 Å². The van der Waals surface area contributed by atoms with E-state index >= 15 is 0 Å². The molecular formula is C22H24N4O3. The van der Waals surface area contributed by atoms with Gasteiger partial charge in [-0.1, -0.05) is 38.1 Å². The molecule has 0 atom stereocenters. The van der Waals surface area contributed by atoms with Gasteiger partial charge in [-0.25, -0.2) is 0 Å². The number of aryl methyl sites for hydroxylation is 1. The third kappa shape index (κ3) is 5.44. The topological polar surface area (TPSA) is 89.2 Å². The molecule has 3 aromatic rings. The van der Waals surface area contributed by atoms with Crippen LogP contribution < -0.4 is 10.6 Å². The summed E-state index contributed by atoms with van der Waals surface area (Å²) in [5, 5.41) is 9.58. The monoisotopic (exact) mass is 392 g/mol. The Morgan fingerprint density at radius 1 is 1.21 bits per heavy atom. The van der Waals surface area contributed by atoms with Crippen LogP contribution in [0.25, 0.3) is 6.08 Å². The van der Waals surface area contributed by atoms with E-state index in [9.17, 15) is 9.59 Å². The number of carbonyl (C=O) groups excluding carboxylic acids is 2. The SMILES string of the molecule is CC(C)c1ccc(/C=C/C(=O)Nc2cn(C)nc2C(=O)NCc2ccco2)cc1. The fourth-order valence-corrected chi connectivity index (χ4v) is 2.75. The zero-order valence-electron chi connectivity index (χ0n) is 16.7. The summed E-state index contributed by atoms with van der Waals surface area (Å²) < 4.78 is 6.67. The van der Waals surface area contributed by atoms with Crippen molar-refractivity contribution < 1.29 is 14.0 Å². The zero-order valence-corrected chi connectivity index (χ0v) is 16.7. The van der Waals surface area contributed by atoms with Crippen molar-refractivity contribution in [2.45, 2.75) is 26.3 Å². The van der Waals surface area contributed by atoms with E-state index in [0.29, 0.717) is 17.4 Å². The highest BCUT2D eigenvalue weighted by molar-refractivity contribution is 6.06. The Labute approximate surface area is 169 Å². The van der Waals surface area contributed by atoms with E-state index in [2.05, 4.69) is 29.6 Å². The van der Waals surface area contributed by atoms with Crippen molar-refractivity contribution in [1.82, 2.24) is 15.1 Å². The van der Waals surface area contributed by atoms with Crippen molar-refractivity contribution in [3.05, 3.63) is 77.5 Å². The summed E-state index contributed by atoms with van der Waals surface area (Å²) in [6.07, 6.45) is 6.29. The first-order chi connectivity index (χ1) is 13.9. The van der Waals surface area contributed by atoms with Gasteiger partial charge in [0.1, 0.15) is 5.76 Å². The van der Waals surface area contributed by atoms with Gasteiger partial charge in [0.25, 0.3) is 5.91 Å². The molecule has 2 heterocycles. The fraction of sp³-hybridized carbons (Fsp3) is 0.227. The largest absolute Gasteiger partial charge is 0.467 e. The number of hydrogen-bond donors (Lipinski definition) is 2. The van der Waals surface area contributed by atoms with Crippen LogP contribution in [0, 0.1) is 0 Å². The molecule has 7 heteroatoms. The number of hydrogen-bond acceptors (Lipinski definition) is 4. The van der Waals surface area contributed by atoms with Gasteiger partial charge in [0.2, 0.25) is 5.91 Å². The van der Waals surface area contributed by atoms with Gasteiger partial charge in [-0.3, -0.25) is 14.3 Å². The first-order valence-electron chi connectivity index (χ1n) is 9.35. The van der Waals surface area contributed by atoms with Crippen molar-refractivity contribution in [3.8, 4) is 0 Å². The maximum Gasteiger partial charge on any atom is 0.274 e. The van der Waals surface area contributed by atoms with Crippen molar-refractivity contribution in [3.63, 3.8) is 0 Å². The molecule has 0 bridgehead atoms.